The van der Waals surface area contributed by atoms with E-state index >= 15 is 0 Å². The largest absolute Gasteiger partial charge is 0.314 e. The lowest BCUT2D eigenvalue weighted by Crippen LogP contribution is -2.39. The number of rotatable bonds is 2. The molecule has 1 fully saturated rings. The van der Waals surface area contributed by atoms with Crippen molar-refractivity contribution in [1.82, 2.24) is 15.2 Å². The standard InChI is InChI=1S/C14H23N3/c1-12-6-11-17(10-3-7-16-12)13(2)14-4-8-15-9-5-14/h4-5,8-9,12-13,16H,3,6-7,10-11H2,1-2H3. The fraction of sp³-hybridized carbons (Fsp3) is 0.643. The molecule has 2 unspecified atom stereocenters. The van der Waals surface area contributed by atoms with Crippen LogP contribution in [0.3, 0.4) is 0 Å². The predicted octanol–water partition coefficient (Wildman–Crippen LogP) is 2.22. The highest BCUT2D eigenvalue weighted by Crippen LogP contribution is 2.20. The van der Waals surface area contributed by atoms with Gasteiger partial charge in [0.2, 0.25) is 0 Å². The van der Waals surface area contributed by atoms with Crippen molar-refractivity contribution in [2.45, 2.75) is 38.8 Å². The van der Waals surface area contributed by atoms with Gasteiger partial charge in [-0.2, -0.15) is 0 Å². The molecule has 0 spiro atoms. The van der Waals surface area contributed by atoms with Crippen LogP contribution in [0, 0.1) is 0 Å². The summed E-state index contributed by atoms with van der Waals surface area (Å²) in [5, 5.41) is 3.55. The van der Waals surface area contributed by atoms with Gasteiger partial charge in [-0.25, -0.2) is 0 Å². The molecule has 0 radical (unpaired) electrons. The topological polar surface area (TPSA) is 28.2 Å². The van der Waals surface area contributed by atoms with Crippen molar-refractivity contribution in [1.29, 1.82) is 0 Å². The molecule has 2 atom stereocenters. The maximum absolute atomic E-state index is 4.09. The summed E-state index contributed by atoms with van der Waals surface area (Å²) in [6, 6.07) is 5.40. The van der Waals surface area contributed by atoms with Crippen LogP contribution in [0.1, 0.15) is 38.3 Å². The first-order valence-electron chi connectivity index (χ1n) is 6.64. The van der Waals surface area contributed by atoms with E-state index in [2.05, 4.69) is 41.2 Å². The summed E-state index contributed by atoms with van der Waals surface area (Å²) in [5.74, 6) is 0. The molecule has 1 aliphatic rings. The zero-order chi connectivity index (χ0) is 12.1. The molecule has 0 amide bonds. The van der Waals surface area contributed by atoms with Gasteiger partial charge in [-0.1, -0.05) is 0 Å². The maximum Gasteiger partial charge on any atom is 0.0321 e. The molecule has 1 saturated heterocycles. The lowest BCUT2D eigenvalue weighted by atomic mass is 10.1. The Morgan fingerprint density at radius 2 is 2.12 bits per heavy atom. The van der Waals surface area contributed by atoms with Gasteiger partial charge < -0.3 is 5.32 Å². The number of hydrogen-bond acceptors (Lipinski definition) is 3. The molecule has 1 N–H and O–H groups in total. The van der Waals surface area contributed by atoms with E-state index < -0.39 is 0 Å². The van der Waals surface area contributed by atoms with Crippen LogP contribution in [0.5, 0.6) is 0 Å². The summed E-state index contributed by atoms with van der Waals surface area (Å²) in [4.78, 5) is 6.68. The second kappa shape index (κ2) is 6.12. The Bertz CT molecular complexity index is 325. The monoisotopic (exact) mass is 233 g/mol. The zero-order valence-corrected chi connectivity index (χ0v) is 10.9. The van der Waals surface area contributed by atoms with E-state index in [1.807, 2.05) is 12.4 Å². The van der Waals surface area contributed by atoms with Crippen LogP contribution in [0.4, 0.5) is 0 Å². The normalized spacial score (nSPS) is 24.9. The molecular weight excluding hydrogens is 210 g/mol. The van der Waals surface area contributed by atoms with Crippen LogP contribution in [-0.4, -0.2) is 35.6 Å². The van der Waals surface area contributed by atoms with Crippen LogP contribution < -0.4 is 5.32 Å². The second-order valence-electron chi connectivity index (χ2n) is 4.99. The summed E-state index contributed by atoms with van der Waals surface area (Å²) >= 11 is 0. The number of hydrogen-bond donors (Lipinski definition) is 1. The Balaban J connectivity index is 2.00. The van der Waals surface area contributed by atoms with E-state index in [-0.39, 0.29) is 0 Å². The highest BCUT2D eigenvalue weighted by Gasteiger charge is 2.17. The van der Waals surface area contributed by atoms with Gasteiger partial charge in [-0.05, 0) is 57.5 Å². The van der Waals surface area contributed by atoms with E-state index in [4.69, 9.17) is 0 Å². The third-order valence-electron chi connectivity index (χ3n) is 3.70. The molecular formula is C14H23N3. The van der Waals surface area contributed by atoms with Gasteiger partial charge in [0.15, 0.2) is 0 Å². The molecule has 1 aliphatic heterocycles. The smallest absolute Gasteiger partial charge is 0.0321 e. The highest BCUT2D eigenvalue weighted by atomic mass is 15.2. The molecule has 3 heteroatoms. The van der Waals surface area contributed by atoms with E-state index in [9.17, 15) is 0 Å². The Hall–Kier alpha value is -0.930. The Labute approximate surface area is 104 Å². The number of nitrogens with one attached hydrogen (secondary N) is 1. The maximum atomic E-state index is 4.09. The van der Waals surface area contributed by atoms with Gasteiger partial charge >= 0.3 is 0 Å². The third-order valence-corrected chi connectivity index (χ3v) is 3.70. The van der Waals surface area contributed by atoms with E-state index in [1.165, 1.54) is 31.5 Å². The summed E-state index contributed by atoms with van der Waals surface area (Å²) < 4.78 is 0. The number of nitrogens with zero attached hydrogens (tertiary/aromatic N) is 2. The summed E-state index contributed by atoms with van der Waals surface area (Å²) in [5.41, 5.74) is 1.38. The third kappa shape index (κ3) is 3.51. The SMILES string of the molecule is CC1CCN(C(C)c2ccncc2)CCCN1. The number of aromatic nitrogens is 1. The highest BCUT2D eigenvalue weighted by molar-refractivity contribution is 5.14. The average molecular weight is 233 g/mol. The molecule has 0 saturated carbocycles. The van der Waals surface area contributed by atoms with Crippen molar-refractivity contribution in [2.75, 3.05) is 19.6 Å². The van der Waals surface area contributed by atoms with Gasteiger partial charge in [0.05, 0.1) is 0 Å². The van der Waals surface area contributed by atoms with Crippen LogP contribution in [0.25, 0.3) is 0 Å². The first-order valence-corrected chi connectivity index (χ1v) is 6.64. The molecule has 0 aliphatic carbocycles. The summed E-state index contributed by atoms with van der Waals surface area (Å²) in [6.45, 7) is 8.08. The molecule has 3 nitrogen and oxygen atoms in total. The van der Waals surface area contributed by atoms with Gasteiger partial charge in [-0.15, -0.1) is 0 Å². The van der Waals surface area contributed by atoms with Gasteiger partial charge in [0.25, 0.3) is 0 Å². The van der Waals surface area contributed by atoms with Crippen molar-refractivity contribution < 1.29 is 0 Å². The van der Waals surface area contributed by atoms with Crippen molar-refractivity contribution in [3.63, 3.8) is 0 Å². The van der Waals surface area contributed by atoms with E-state index in [0.29, 0.717) is 12.1 Å². The van der Waals surface area contributed by atoms with Crippen LogP contribution in [-0.2, 0) is 0 Å². The second-order valence-corrected chi connectivity index (χ2v) is 4.99. The zero-order valence-electron chi connectivity index (χ0n) is 10.9. The van der Waals surface area contributed by atoms with Crippen molar-refractivity contribution >= 4 is 0 Å². The molecule has 2 heterocycles. The average Bonchev–Trinajstić information content (AvgIpc) is 2.35. The molecule has 0 bridgehead atoms. The van der Waals surface area contributed by atoms with Crippen LogP contribution in [0.2, 0.25) is 0 Å². The summed E-state index contributed by atoms with van der Waals surface area (Å²) in [7, 11) is 0. The lowest BCUT2D eigenvalue weighted by molar-refractivity contribution is 0.185. The quantitative estimate of drug-likeness (QED) is 0.849. The molecule has 94 valence electrons. The molecule has 2 rings (SSSR count). The Morgan fingerprint density at radius 3 is 2.88 bits per heavy atom. The van der Waals surface area contributed by atoms with Crippen molar-refractivity contribution in [3.05, 3.63) is 30.1 Å². The fourth-order valence-electron chi connectivity index (χ4n) is 2.44. The molecule has 1 aromatic rings. The molecule has 1 aromatic heterocycles. The minimum atomic E-state index is 0.503. The van der Waals surface area contributed by atoms with Crippen molar-refractivity contribution in [3.8, 4) is 0 Å². The molecule has 0 aromatic carbocycles. The Kier molecular flexibility index (Phi) is 4.51. The minimum Gasteiger partial charge on any atom is -0.314 e. The molecule has 17 heavy (non-hydrogen) atoms. The Morgan fingerprint density at radius 1 is 1.35 bits per heavy atom. The first-order chi connectivity index (χ1) is 8.27. The van der Waals surface area contributed by atoms with E-state index in [0.717, 1.165) is 6.54 Å². The number of pyridine rings is 1. The summed E-state index contributed by atoms with van der Waals surface area (Å²) in [6.07, 6.45) is 6.25. The fourth-order valence-corrected chi connectivity index (χ4v) is 2.44. The van der Waals surface area contributed by atoms with Gasteiger partial charge in [0.1, 0.15) is 0 Å². The lowest BCUT2D eigenvalue weighted by Gasteiger charge is -2.32. The first kappa shape index (κ1) is 12.5. The van der Waals surface area contributed by atoms with Crippen molar-refractivity contribution in [2.24, 2.45) is 0 Å². The van der Waals surface area contributed by atoms with E-state index in [1.54, 1.807) is 0 Å². The minimum absolute atomic E-state index is 0.503. The van der Waals surface area contributed by atoms with Gasteiger partial charge in [-0.3, -0.25) is 9.88 Å². The van der Waals surface area contributed by atoms with Crippen LogP contribution >= 0.6 is 0 Å². The van der Waals surface area contributed by atoms with Crippen LogP contribution in [0.15, 0.2) is 24.5 Å². The predicted molar refractivity (Wildman–Crippen MR) is 70.9 cm³/mol. The van der Waals surface area contributed by atoms with Gasteiger partial charge in [0, 0.05) is 31.0 Å².